The van der Waals surface area contributed by atoms with Crippen molar-refractivity contribution in [2.45, 2.75) is 25.4 Å². The first-order valence-corrected chi connectivity index (χ1v) is 11.6. The second-order valence-corrected chi connectivity index (χ2v) is 9.01. The summed E-state index contributed by atoms with van der Waals surface area (Å²) in [6, 6.07) is 13.7. The number of rotatable bonds is 6. The molecule has 4 aromatic rings. The Bertz CT molecular complexity index is 1120. The first-order chi connectivity index (χ1) is 14.8. The summed E-state index contributed by atoms with van der Waals surface area (Å²) in [7, 11) is 0. The van der Waals surface area contributed by atoms with Gasteiger partial charge in [0.1, 0.15) is 5.01 Å². The minimum Gasteiger partial charge on any atom is -0.376 e. The standard InChI is InChI=1S/C22H20N4O2S2/c27-20(12-15-14-29-21(24-15)18-8-3-4-10-23-18)26(13-16-6-5-11-28-16)22-25-17-7-1-2-9-19(17)30-22/h1-4,7-10,14,16H,5-6,11-13H2/t16-/m1/s1. The number of fused-ring (bicyclic) bond motifs is 1. The molecule has 0 radical (unpaired) electrons. The van der Waals surface area contributed by atoms with Gasteiger partial charge < -0.3 is 4.74 Å². The maximum atomic E-state index is 13.3. The molecule has 1 aromatic carbocycles. The zero-order valence-corrected chi connectivity index (χ0v) is 17.9. The summed E-state index contributed by atoms with van der Waals surface area (Å²) >= 11 is 3.05. The SMILES string of the molecule is O=C(Cc1csc(-c2ccccn2)n1)N(C[C@H]1CCCO1)c1nc2ccccc2s1. The van der Waals surface area contributed by atoms with Crippen LogP contribution in [-0.2, 0) is 16.0 Å². The molecule has 1 saturated heterocycles. The van der Waals surface area contributed by atoms with Crippen molar-refractivity contribution >= 4 is 43.9 Å². The molecule has 0 unspecified atom stereocenters. The van der Waals surface area contributed by atoms with Gasteiger partial charge >= 0.3 is 0 Å². The van der Waals surface area contributed by atoms with Crippen LogP contribution in [0, 0.1) is 0 Å². The molecule has 4 heterocycles. The van der Waals surface area contributed by atoms with Gasteiger partial charge in [0.25, 0.3) is 0 Å². The Morgan fingerprint density at radius 2 is 2.07 bits per heavy atom. The maximum Gasteiger partial charge on any atom is 0.234 e. The molecule has 1 amide bonds. The highest BCUT2D eigenvalue weighted by Gasteiger charge is 2.26. The second kappa shape index (κ2) is 8.59. The molecule has 1 fully saturated rings. The van der Waals surface area contributed by atoms with Gasteiger partial charge in [-0.15, -0.1) is 11.3 Å². The molecule has 0 aliphatic carbocycles. The molecule has 0 saturated carbocycles. The fourth-order valence-electron chi connectivity index (χ4n) is 3.50. The molecule has 0 spiro atoms. The van der Waals surface area contributed by atoms with E-state index in [4.69, 9.17) is 9.72 Å². The Kier molecular flexibility index (Phi) is 5.52. The van der Waals surface area contributed by atoms with Crippen LogP contribution in [0.25, 0.3) is 20.9 Å². The van der Waals surface area contributed by atoms with Crippen LogP contribution in [-0.4, -0.2) is 40.1 Å². The van der Waals surface area contributed by atoms with E-state index in [0.29, 0.717) is 6.54 Å². The van der Waals surface area contributed by atoms with E-state index in [1.807, 2.05) is 47.8 Å². The van der Waals surface area contributed by atoms with Crippen molar-refractivity contribution in [3.8, 4) is 10.7 Å². The van der Waals surface area contributed by atoms with Crippen LogP contribution in [0.1, 0.15) is 18.5 Å². The number of carbonyl (C=O) groups excluding carboxylic acids is 1. The van der Waals surface area contributed by atoms with Gasteiger partial charge in [0, 0.05) is 18.2 Å². The van der Waals surface area contributed by atoms with Crippen molar-refractivity contribution in [3.05, 3.63) is 59.7 Å². The zero-order valence-electron chi connectivity index (χ0n) is 16.2. The normalized spacial score (nSPS) is 16.2. The van der Waals surface area contributed by atoms with Gasteiger partial charge in [0.05, 0.1) is 40.7 Å². The molecule has 152 valence electrons. The predicted molar refractivity (Wildman–Crippen MR) is 120 cm³/mol. The number of hydrogen-bond acceptors (Lipinski definition) is 7. The summed E-state index contributed by atoms with van der Waals surface area (Å²) in [6.45, 7) is 1.28. The molecule has 8 heteroatoms. The summed E-state index contributed by atoms with van der Waals surface area (Å²) in [4.78, 5) is 28.8. The molecule has 30 heavy (non-hydrogen) atoms. The van der Waals surface area contributed by atoms with E-state index in [1.54, 1.807) is 22.4 Å². The lowest BCUT2D eigenvalue weighted by Crippen LogP contribution is -2.38. The Morgan fingerprint density at radius 1 is 1.17 bits per heavy atom. The van der Waals surface area contributed by atoms with Crippen LogP contribution in [0.15, 0.2) is 54.0 Å². The van der Waals surface area contributed by atoms with Crippen LogP contribution < -0.4 is 4.90 Å². The fourth-order valence-corrected chi connectivity index (χ4v) is 5.29. The van der Waals surface area contributed by atoms with Gasteiger partial charge in [-0.25, -0.2) is 9.97 Å². The fraction of sp³-hybridized carbons (Fsp3) is 0.273. The lowest BCUT2D eigenvalue weighted by Gasteiger charge is -2.22. The number of thiazole rings is 2. The average molecular weight is 437 g/mol. The molecule has 1 aliphatic rings. The Balaban J connectivity index is 1.39. The molecule has 0 bridgehead atoms. The topological polar surface area (TPSA) is 68.2 Å². The molecule has 6 nitrogen and oxygen atoms in total. The molecular formula is C22H20N4O2S2. The van der Waals surface area contributed by atoms with E-state index in [-0.39, 0.29) is 18.4 Å². The number of hydrogen-bond donors (Lipinski definition) is 0. The van der Waals surface area contributed by atoms with Crippen molar-refractivity contribution in [1.82, 2.24) is 15.0 Å². The van der Waals surface area contributed by atoms with E-state index < -0.39 is 0 Å². The monoisotopic (exact) mass is 436 g/mol. The lowest BCUT2D eigenvalue weighted by atomic mass is 10.2. The van der Waals surface area contributed by atoms with Gasteiger partial charge in [-0.1, -0.05) is 29.5 Å². The van der Waals surface area contributed by atoms with Crippen molar-refractivity contribution in [2.75, 3.05) is 18.1 Å². The summed E-state index contributed by atoms with van der Waals surface area (Å²) in [5.41, 5.74) is 2.49. The number of amides is 1. The quantitative estimate of drug-likeness (QED) is 0.443. The van der Waals surface area contributed by atoms with Crippen LogP contribution in [0.3, 0.4) is 0 Å². The van der Waals surface area contributed by atoms with E-state index in [0.717, 1.165) is 51.2 Å². The molecular weight excluding hydrogens is 416 g/mol. The van der Waals surface area contributed by atoms with E-state index in [1.165, 1.54) is 11.3 Å². The number of aromatic nitrogens is 3. The maximum absolute atomic E-state index is 13.3. The van der Waals surface area contributed by atoms with Crippen molar-refractivity contribution in [1.29, 1.82) is 0 Å². The van der Waals surface area contributed by atoms with Crippen molar-refractivity contribution in [2.24, 2.45) is 0 Å². The second-order valence-electron chi connectivity index (χ2n) is 7.14. The number of ether oxygens (including phenoxy) is 1. The van der Waals surface area contributed by atoms with E-state index >= 15 is 0 Å². The minimum absolute atomic E-state index is 0.0116. The number of para-hydroxylation sites is 1. The Hall–Kier alpha value is -2.68. The van der Waals surface area contributed by atoms with Gasteiger partial charge in [-0.2, -0.15) is 0 Å². The van der Waals surface area contributed by atoms with Crippen LogP contribution in [0.5, 0.6) is 0 Å². The minimum atomic E-state index is -0.0116. The number of benzene rings is 1. The van der Waals surface area contributed by atoms with Gasteiger partial charge in [0.15, 0.2) is 5.13 Å². The molecule has 1 atom stereocenters. The van der Waals surface area contributed by atoms with Gasteiger partial charge in [0.2, 0.25) is 5.91 Å². The van der Waals surface area contributed by atoms with Gasteiger partial charge in [-0.05, 0) is 37.1 Å². The highest BCUT2D eigenvalue weighted by molar-refractivity contribution is 7.22. The third kappa shape index (κ3) is 4.12. The Morgan fingerprint density at radius 3 is 2.87 bits per heavy atom. The molecule has 0 N–H and O–H groups in total. The van der Waals surface area contributed by atoms with E-state index in [9.17, 15) is 4.79 Å². The lowest BCUT2D eigenvalue weighted by molar-refractivity contribution is -0.118. The van der Waals surface area contributed by atoms with Crippen LogP contribution >= 0.6 is 22.7 Å². The first-order valence-electron chi connectivity index (χ1n) is 9.89. The van der Waals surface area contributed by atoms with Crippen LogP contribution in [0.4, 0.5) is 5.13 Å². The summed E-state index contributed by atoms with van der Waals surface area (Å²) in [5, 5.41) is 3.48. The molecule has 3 aromatic heterocycles. The summed E-state index contributed by atoms with van der Waals surface area (Å²) < 4.78 is 6.88. The third-order valence-corrected chi connectivity index (χ3v) is 6.97. The highest BCUT2D eigenvalue weighted by atomic mass is 32.1. The van der Waals surface area contributed by atoms with Crippen molar-refractivity contribution in [3.63, 3.8) is 0 Å². The summed E-state index contributed by atoms with van der Waals surface area (Å²) in [5.74, 6) is -0.0116. The third-order valence-electron chi connectivity index (χ3n) is 4.99. The molecule has 5 rings (SSSR count). The summed E-state index contributed by atoms with van der Waals surface area (Å²) in [6.07, 6.45) is 4.03. The smallest absolute Gasteiger partial charge is 0.234 e. The van der Waals surface area contributed by atoms with E-state index in [2.05, 4.69) is 9.97 Å². The van der Waals surface area contributed by atoms with Gasteiger partial charge in [-0.3, -0.25) is 14.7 Å². The first kappa shape index (κ1) is 19.3. The number of anilines is 1. The predicted octanol–water partition coefficient (Wildman–Crippen LogP) is 4.57. The Labute approximate surface area is 182 Å². The van der Waals surface area contributed by atoms with Crippen LogP contribution in [0.2, 0.25) is 0 Å². The average Bonchev–Trinajstić information content (AvgIpc) is 3.53. The number of pyridine rings is 1. The number of carbonyl (C=O) groups is 1. The molecule has 1 aliphatic heterocycles. The largest absolute Gasteiger partial charge is 0.376 e. The number of nitrogens with zero attached hydrogens (tertiary/aromatic N) is 4. The zero-order chi connectivity index (χ0) is 20.3. The highest BCUT2D eigenvalue weighted by Crippen LogP contribution is 2.30. The van der Waals surface area contributed by atoms with Crippen molar-refractivity contribution < 1.29 is 9.53 Å².